The number of rotatable bonds is 3. The van der Waals surface area contributed by atoms with Crippen molar-refractivity contribution in [3.05, 3.63) is 71.3 Å². The zero-order valence-corrected chi connectivity index (χ0v) is 17.4. The number of hydrogen-bond donors (Lipinski definition) is 0. The molecule has 2 aromatic rings. The van der Waals surface area contributed by atoms with Crippen molar-refractivity contribution in [2.45, 2.75) is 45.4 Å². The normalized spacial score (nSPS) is 18.2. The molecular weight excluding hydrogens is 374 g/mol. The maximum Gasteiger partial charge on any atom is 0.410 e. The molecule has 4 nitrogen and oxygen atoms in total. The van der Waals surface area contributed by atoms with E-state index in [1.807, 2.05) is 20.8 Å². The average molecular weight is 402 g/mol. The van der Waals surface area contributed by atoms with Gasteiger partial charge in [-0.05, 0) is 63.1 Å². The molecule has 1 unspecified atom stereocenters. The molecule has 0 aromatic heterocycles. The Morgan fingerprint density at radius 2 is 1.45 bits per heavy atom. The van der Waals surface area contributed by atoms with Crippen LogP contribution in [-0.4, -0.2) is 47.2 Å². The fraction of sp³-hybridized carbons (Fsp3) is 0.435. The molecule has 0 radical (unpaired) electrons. The van der Waals surface area contributed by atoms with Gasteiger partial charge in [0.2, 0.25) is 0 Å². The zero-order valence-electron chi connectivity index (χ0n) is 17.4. The predicted molar refractivity (Wildman–Crippen MR) is 109 cm³/mol. The average Bonchev–Trinajstić information content (AvgIpc) is 2.64. The van der Waals surface area contributed by atoms with Gasteiger partial charge < -0.3 is 9.64 Å². The molecule has 1 fully saturated rings. The molecule has 3 rings (SSSR count). The summed E-state index contributed by atoms with van der Waals surface area (Å²) in [6.07, 6.45) is -0.316. The SMILES string of the molecule is CC1CN(C(=O)OC(C)(C)C)CCN1C(c1ccc(F)cc1)c1ccc(F)cc1. The van der Waals surface area contributed by atoms with Crippen molar-refractivity contribution in [1.29, 1.82) is 0 Å². The Hall–Kier alpha value is -2.47. The standard InChI is InChI=1S/C23H28F2N2O2/c1-16-15-26(22(28)29-23(2,3)4)13-14-27(16)21(17-5-9-19(24)10-6-17)18-7-11-20(25)12-8-18/h5-12,16,21H,13-15H2,1-4H3. The van der Waals surface area contributed by atoms with Crippen LogP contribution in [0.3, 0.4) is 0 Å². The van der Waals surface area contributed by atoms with E-state index in [4.69, 9.17) is 4.74 Å². The first-order valence-electron chi connectivity index (χ1n) is 9.88. The number of ether oxygens (including phenoxy) is 1. The fourth-order valence-corrected chi connectivity index (χ4v) is 3.71. The number of amides is 1. The summed E-state index contributed by atoms with van der Waals surface area (Å²) in [7, 11) is 0. The number of nitrogens with zero attached hydrogens (tertiary/aromatic N) is 2. The molecule has 156 valence electrons. The number of hydrogen-bond acceptors (Lipinski definition) is 3. The van der Waals surface area contributed by atoms with E-state index < -0.39 is 5.60 Å². The first kappa shape index (κ1) is 21.2. The smallest absolute Gasteiger partial charge is 0.410 e. The largest absolute Gasteiger partial charge is 0.444 e. The summed E-state index contributed by atoms with van der Waals surface area (Å²) in [5, 5.41) is 0. The van der Waals surface area contributed by atoms with Crippen molar-refractivity contribution in [3.63, 3.8) is 0 Å². The lowest BCUT2D eigenvalue weighted by Gasteiger charge is -2.44. The molecule has 0 spiro atoms. The molecule has 1 aliphatic heterocycles. The van der Waals surface area contributed by atoms with Crippen molar-refractivity contribution in [1.82, 2.24) is 9.80 Å². The molecule has 6 heteroatoms. The molecule has 1 atom stereocenters. The van der Waals surface area contributed by atoms with Crippen LogP contribution >= 0.6 is 0 Å². The Bertz CT molecular complexity index is 786. The van der Waals surface area contributed by atoms with Gasteiger partial charge in [-0.1, -0.05) is 24.3 Å². The number of carbonyl (C=O) groups excluding carboxylic acids is 1. The molecular formula is C23H28F2N2O2. The topological polar surface area (TPSA) is 32.8 Å². The molecule has 2 aromatic carbocycles. The Labute approximate surface area is 171 Å². The highest BCUT2D eigenvalue weighted by Gasteiger charge is 2.34. The second-order valence-corrected chi connectivity index (χ2v) is 8.52. The summed E-state index contributed by atoms with van der Waals surface area (Å²) >= 11 is 0. The summed E-state index contributed by atoms with van der Waals surface area (Å²) in [5.41, 5.74) is 1.31. The number of halogens is 2. The number of piperazine rings is 1. The van der Waals surface area contributed by atoms with Crippen LogP contribution in [0.15, 0.2) is 48.5 Å². The van der Waals surface area contributed by atoms with Crippen LogP contribution in [0.25, 0.3) is 0 Å². The minimum absolute atomic E-state index is 0.0383. The van der Waals surface area contributed by atoms with Crippen molar-refractivity contribution in [3.8, 4) is 0 Å². The summed E-state index contributed by atoms with van der Waals surface area (Å²) in [4.78, 5) is 16.4. The summed E-state index contributed by atoms with van der Waals surface area (Å²) < 4.78 is 32.5. The number of carbonyl (C=O) groups is 1. The summed E-state index contributed by atoms with van der Waals surface area (Å²) in [6, 6.07) is 12.7. The Morgan fingerprint density at radius 1 is 0.966 bits per heavy atom. The van der Waals surface area contributed by atoms with Gasteiger partial charge in [-0.2, -0.15) is 0 Å². The molecule has 29 heavy (non-hydrogen) atoms. The maximum absolute atomic E-state index is 13.5. The first-order chi connectivity index (χ1) is 13.6. The van der Waals surface area contributed by atoms with Gasteiger partial charge in [0.05, 0.1) is 6.04 Å². The predicted octanol–water partition coefficient (Wildman–Crippen LogP) is 5.00. The highest BCUT2D eigenvalue weighted by Crippen LogP contribution is 2.32. The first-order valence-corrected chi connectivity index (χ1v) is 9.88. The third kappa shape index (κ3) is 5.32. The van der Waals surface area contributed by atoms with Gasteiger partial charge in [0.1, 0.15) is 17.2 Å². The molecule has 1 amide bonds. The lowest BCUT2D eigenvalue weighted by Crippen LogP contribution is -2.55. The van der Waals surface area contributed by atoms with Crippen LogP contribution in [0.1, 0.15) is 44.9 Å². The van der Waals surface area contributed by atoms with E-state index in [1.54, 1.807) is 29.2 Å². The third-order valence-electron chi connectivity index (χ3n) is 5.03. The minimum atomic E-state index is -0.539. The minimum Gasteiger partial charge on any atom is -0.444 e. The highest BCUT2D eigenvalue weighted by molar-refractivity contribution is 5.68. The van der Waals surface area contributed by atoms with E-state index in [2.05, 4.69) is 11.8 Å². The maximum atomic E-state index is 13.5. The van der Waals surface area contributed by atoms with Gasteiger partial charge in [-0.3, -0.25) is 4.90 Å². The quantitative estimate of drug-likeness (QED) is 0.725. The lowest BCUT2D eigenvalue weighted by molar-refractivity contribution is 0.000950. The Balaban J connectivity index is 1.84. The molecule has 0 N–H and O–H groups in total. The van der Waals surface area contributed by atoms with E-state index in [-0.39, 0.29) is 29.8 Å². The van der Waals surface area contributed by atoms with Crippen LogP contribution in [-0.2, 0) is 4.74 Å². The molecule has 0 aliphatic carbocycles. The van der Waals surface area contributed by atoms with E-state index in [0.717, 1.165) is 11.1 Å². The molecule has 1 aliphatic rings. The van der Waals surface area contributed by atoms with Crippen LogP contribution < -0.4 is 0 Å². The van der Waals surface area contributed by atoms with E-state index in [1.165, 1.54) is 24.3 Å². The van der Waals surface area contributed by atoms with Crippen LogP contribution in [0.4, 0.5) is 13.6 Å². The van der Waals surface area contributed by atoms with Crippen molar-refractivity contribution in [2.24, 2.45) is 0 Å². The monoisotopic (exact) mass is 402 g/mol. The van der Waals surface area contributed by atoms with Gasteiger partial charge in [-0.25, -0.2) is 13.6 Å². The second kappa shape index (κ2) is 8.49. The molecule has 1 saturated heterocycles. The fourth-order valence-electron chi connectivity index (χ4n) is 3.71. The van der Waals surface area contributed by atoms with Gasteiger partial charge >= 0.3 is 6.09 Å². The second-order valence-electron chi connectivity index (χ2n) is 8.52. The van der Waals surface area contributed by atoms with E-state index in [0.29, 0.717) is 19.6 Å². The van der Waals surface area contributed by atoms with Crippen LogP contribution in [0.2, 0.25) is 0 Å². The third-order valence-corrected chi connectivity index (χ3v) is 5.03. The summed E-state index contributed by atoms with van der Waals surface area (Å²) in [6.45, 7) is 9.28. The highest BCUT2D eigenvalue weighted by atomic mass is 19.1. The lowest BCUT2D eigenvalue weighted by atomic mass is 9.94. The van der Waals surface area contributed by atoms with Gasteiger partial charge in [-0.15, -0.1) is 0 Å². The van der Waals surface area contributed by atoms with Crippen molar-refractivity contribution in [2.75, 3.05) is 19.6 Å². The zero-order chi connectivity index (χ0) is 21.2. The van der Waals surface area contributed by atoms with E-state index >= 15 is 0 Å². The van der Waals surface area contributed by atoms with Gasteiger partial charge in [0.25, 0.3) is 0 Å². The Morgan fingerprint density at radius 3 is 1.86 bits per heavy atom. The van der Waals surface area contributed by atoms with Crippen LogP contribution in [0.5, 0.6) is 0 Å². The molecule has 1 heterocycles. The van der Waals surface area contributed by atoms with Gasteiger partial charge in [0.15, 0.2) is 0 Å². The van der Waals surface area contributed by atoms with Crippen molar-refractivity contribution >= 4 is 6.09 Å². The summed E-state index contributed by atoms with van der Waals surface area (Å²) in [5.74, 6) is -0.594. The van der Waals surface area contributed by atoms with Crippen LogP contribution in [0, 0.1) is 11.6 Å². The van der Waals surface area contributed by atoms with Crippen molar-refractivity contribution < 1.29 is 18.3 Å². The van der Waals surface area contributed by atoms with Gasteiger partial charge in [0, 0.05) is 25.7 Å². The van der Waals surface area contributed by atoms with E-state index in [9.17, 15) is 13.6 Å². The number of benzene rings is 2. The molecule has 0 saturated carbocycles. The molecule has 0 bridgehead atoms. The Kier molecular flexibility index (Phi) is 6.22.